The average Bonchev–Trinajstić information content (AvgIpc) is 2.70. The summed E-state index contributed by atoms with van der Waals surface area (Å²) in [6, 6.07) is 3.85. The third-order valence-electron chi connectivity index (χ3n) is 5.09. The highest BCUT2D eigenvalue weighted by Gasteiger charge is 2.46. The molecule has 6 nitrogen and oxygen atoms in total. The Morgan fingerprint density at radius 2 is 2.09 bits per heavy atom. The molecule has 3 rings (SSSR count). The minimum absolute atomic E-state index is 0.168. The highest BCUT2D eigenvalue weighted by Crippen LogP contribution is 2.40. The van der Waals surface area contributed by atoms with Crippen LogP contribution < -0.4 is 0 Å². The van der Waals surface area contributed by atoms with E-state index >= 15 is 0 Å². The Balaban J connectivity index is 1.80. The Hall–Kier alpha value is -1.47. The molecule has 0 radical (unpaired) electrons. The number of hydrogen-bond donors (Lipinski definition) is 0. The number of rotatable bonds is 3. The van der Waals surface area contributed by atoms with Gasteiger partial charge in [0.25, 0.3) is 0 Å². The van der Waals surface area contributed by atoms with Gasteiger partial charge in [0, 0.05) is 44.0 Å². The number of carbonyl (C=O) groups is 1. The zero-order valence-corrected chi connectivity index (χ0v) is 14.3. The van der Waals surface area contributed by atoms with E-state index in [1.807, 2.05) is 17.0 Å². The van der Waals surface area contributed by atoms with Crippen LogP contribution in [-0.2, 0) is 21.4 Å². The number of amides is 1. The summed E-state index contributed by atoms with van der Waals surface area (Å²) in [5.41, 5.74) is 0.818. The zero-order chi connectivity index (χ0) is 16.5. The smallest absolute Gasteiger partial charge is 0.223 e. The first-order valence-electron chi connectivity index (χ1n) is 8.05. The van der Waals surface area contributed by atoms with Gasteiger partial charge in [-0.15, -0.1) is 0 Å². The molecule has 0 aliphatic carbocycles. The summed E-state index contributed by atoms with van der Waals surface area (Å²) in [4.78, 5) is 18.5. The fourth-order valence-electron chi connectivity index (χ4n) is 3.81. The van der Waals surface area contributed by atoms with Gasteiger partial charge in [-0.2, -0.15) is 0 Å². The minimum Gasteiger partial charge on any atom is -0.333 e. The lowest BCUT2D eigenvalue weighted by Crippen LogP contribution is -2.46. The third kappa shape index (κ3) is 3.40. The summed E-state index contributed by atoms with van der Waals surface area (Å²) in [6.07, 6.45) is 8.53. The maximum atomic E-state index is 12.4. The molecular weight excluding hydrogens is 314 g/mol. The van der Waals surface area contributed by atoms with Gasteiger partial charge in [0.15, 0.2) is 0 Å². The Morgan fingerprint density at radius 3 is 2.78 bits per heavy atom. The van der Waals surface area contributed by atoms with Crippen molar-refractivity contribution in [2.45, 2.75) is 44.2 Å². The molecule has 0 saturated carbocycles. The fourth-order valence-corrected chi connectivity index (χ4v) is 4.69. The molecule has 0 bridgehead atoms. The molecule has 0 unspecified atom stereocenters. The highest BCUT2D eigenvalue weighted by molar-refractivity contribution is 7.88. The minimum atomic E-state index is -3.17. The van der Waals surface area contributed by atoms with Crippen LogP contribution in [0.25, 0.3) is 0 Å². The Kier molecular flexibility index (Phi) is 4.42. The van der Waals surface area contributed by atoms with E-state index < -0.39 is 10.0 Å². The first-order chi connectivity index (χ1) is 10.9. The lowest BCUT2D eigenvalue weighted by molar-refractivity contribution is -0.132. The molecule has 2 fully saturated rings. The lowest BCUT2D eigenvalue weighted by atomic mass is 9.87. The molecule has 1 aromatic rings. The number of aromatic nitrogens is 1. The number of likely N-dealkylation sites (tertiary alicyclic amines) is 1. The molecule has 2 aliphatic rings. The van der Waals surface area contributed by atoms with Gasteiger partial charge in [-0.25, -0.2) is 12.7 Å². The molecule has 1 aromatic heterocycles. The van der Waals surface area contributed by atoms with Crippen LogP contribution in [0.2, 0.25) is 0 Å². The first-order valence-corrected chi connectivity index (χ1v) is 9.90. The van der Waals surface area contributed by atoms with E-state index in [-0.39, 0.29) is 11.4 Å². The molecule has 2 saturated heterocycles. The van der Waals surface area contributed by atoms with Crippen LogP contribution in [0.3, 0.4) is 0 Å². The number of carbonyl (C=O) groups excluding carboxylic acids is 1. The van der Waals surface area contributed by atoms with Crippen molar-refractivity contribution in [3.8, 4) is 0 Å². The molecule has 126 valence electrons. The zero-order valence-electron chi connectivity index (χ0n) is 13.4. The van der Waals surface area contributed by atoms with Crippen LogP contribution in [0.4, 0.5) is 0 Å². The van der Waals surface area contributed by atoms with Crippen molar-refractivity contribution in [1.29, 1.82) is 0 Å². The molecule has 1 spiro atoms. The number of hydrogen-bond acceptors (Lipinski definition) is 4. The van der Waals surface area contributed by atoms with Crippen LogP contribution >= 0.6 is 0 Å². The van der Waals surface area contributed by atoms with Gasteiger partial charge in [0.2, 0.25) is 15.9 Å². The van der Waals surface area contributed by atoms with Gasteiger partial charge in [0.1, 0.15) is 0 Å². The fraction of sp³-hybridized carbons (Fsp3) is 0.625. The van der Waals surface area contributed by atoms with Crippen molar-refractivity contribution in [2.24, 2.45) is 0 Å². The van der Waals surface area contributed by atoms with Gasteiger partial charge in [-0.05, 0) is 37.3 Å². The quantitative estimate of drug-likeness (QED) is 0.836. The van der Waals surface area contributed by atoms with Crippen LogP contribution in [-0.4, -0.2) is 53.4 Å². The molecule has 1 amide bonds. The van der Waals surface area contributed by atoms with Gasteiger partial charge in [0.05, 0.1) is 6.26 Å². The number of sulfonamides is 1. The summed E-state index contributed by atoms with van der Waals surface area (Å²) in [5.74, 6) is 0.168. The highest BCUT2D eigenvalue weighted by atomic mass is 32.2. The Bertz CT molecular complexity index is 677. The third-order valence-corrected chi connectivity index (χ3v) is 6.39. The van der Waals surface area contributed by atoms with Gasteiger partial charge in [-0.3, -0.25) is 9.78 Å². The summed E-state index contributed by atoms with van der Waals surface area (Å²) in [6.45, 7) is 1.61. The first kappa shape index (κ1) is 16.4. The van der Waals surface area contributed by atoms with Crippen LogP contribution in [0, 0.1) is 0 Å². The molecule has 23 heavy (non-hydrogen) atoms. The molecular formula is C16H23N3O3S. The monoisotopic (exact) mass is 337 g/mol. The van der Waals surface area contributed by atoms with Crippen LogP contribution in [0.1, 0.15) is 37.7 Å². The van der Waals surface area contributed by atoms with Crippen molar-refractivity contribution < 1.29 is 13.2 Å². The largest absolute Gasteiger partial charge is 0.333 e. The predicted octanol–water partition coefficient (Wildman–Crippen LogP) is 1.39. The second kappa shape index (κ2) is 6.20. The number of pyridine rings is 1. The standard InChI is InChI=1S/C16H23N3O3S/c1-23(21,22)18-10-3-6-16(8-11-18)7-5-15(20)19(16)13-14-4-2-9-17-12-14/h2,4,9,12H,3,5-8,10-11,13H2,1H3/t16-/m0/s1. The van der Waals surface area contributed by atoms with E-state index in [0.717, 1.165) is 24.8 Å². The SMILES string of the molecule is CS(=O)(=O)N1CCC[C@]2(CCC(=O)N2Cc2cccnc2)CC1. The van der Waals surface area contributed by atoms with E-state index in [2.05, 4.69) is 4.98 Å². The average molecular weight is 337 g/mol. The maximum Gasteiger partial charge on any atom is 0.223 e. The molecule has 0 aromatic carbocycles. The van der Waals surface area contributed by atoms with E-state index in [1.54, 1.807) is 16.7 Å². The van der Waals surface area contributed by atoms with Crippen molar-refractivity contribution in [2.75, 3.05) is 19.3 Å². The normalized spacial score (nSPS) is 26.7. The number of nitrogens with zero attached hydrogens (tertiary/aromatic N) is 3. The van der Waals surface area contributed by atoms with E-state index in [1.165, 1.54) is 6.26 Å². The molecule has 3 heterocycles. The summed E-state index contributed by atoms with van der Waals surface area (Å²) in [5, 5.41) is 0. The molecule has 0 N–H and O–H groups in total. The van der Waals surface area contributed by atoms with Crippen LogP contribution in [0.15, 0.2) is 24.5 Å². The van der Waals surface area contributed by atoms with Crippen molar-refractivity contribution in [3.63, 3.8) is 0 Å². The van der Waals surface area contributed by atoms with E-state index in [4.69, 9.17) is 0 Å². The molecule has 1 atom stereocenters. The van der Waals surface area contributed by atoms with Gasteiger partial charge < -0.3 is 4.90 Å². The summed E-state index contributed by atoms with van der Waals surface area (Å²) in [7, 11) is -3.17. The van der Waals surface area contributed by atoms with Crippen molar-refractivity contribution in [1.82, 2.24) is 14.2 Å². The topological polar surface area (TPSA) is 70.6 Å². The Labute approximate surface area is 137 Å². The van der Waals surface area contributed by atoms with Gasteiger partial charge in [-0.1, -0.05) is 6.07 Å². The van der Waals surface area contributed by atoms with E-state index in [9.17, 15) is 13.2 Å². The van der Waals surface area contributed by atoms with Crippen molar-refractivity contribution >= 4 is 15.9 Å². The predicted molar refractivity (Wildman–Crippen MR) is 87.0 cm³/mol. The second-order valence-corrected chi connectivity index (χ2v) is 8.56. The maximum absolute atomic E-state index is 12.4. The van der Waals surface area contributed by atoms with Crippen LogP contribution in [0.5, 0.6) is 0 Å². The second-order valence-electron chi connectivity index (χ2n) is 6.58. The molecule has 2 aliphatic heterocycles. The molecule has 7 heteroatoms. The summed E-state index contributed by atoms with van der Waals surface area (Å²) < 4.78 is 25.2. The Morgan fingerprint density at radius 1 is 1.26 bits per heavy atom. The lowest BCUT2D eigenvalue weighted by Gasteiger charge is -2.38. The van der Waals surface area contributed by atoms with Crippen molar-refractivity contribution in [3.05, 3.63) is 30.1 Å². The van der Waals surface area contributed by atoms with E-state index in [0.29, 0.717) is 32.5 Å². The summed E-state index contributed by atoms with van der Waals surface area (Å²) >= 11 is 0. The van der Waals surface area contributed by atoms with Gasteiger partial charge >= 0.3 is 0 Å².